The summed E-state index contributed by atoms with van der Waals surface area (Å²) in [5, 5.41) is 0.711. The van der Waals surface area contributed by atoms with Gasteiger partial charge in [0.25, 0.3) is 0 Å². The molecule has 0 amide bonds. The van der Waals surface area contributed by atoms with Crippen LogP contribution in [0, 0.1) is 19.7 Å². The van der Waals surface area contributed by atoms with Crippen molar-refractivity contribution in [3.63, 3.8) is 0 Å². The van der Waals surface area contributed by atoms with E-state index < -0.39 is 0 Å². The summed E-state index contributed by atoms with van der Waals surface area (Å²) in [5.74, 6) is 6.02. The molecule has 3 N–H and O–H groups in total. The number of halogens is 1. The average Bonchev–Trinajstić information content (AvgIpc) is 2.84. The van der Waals surface area contributed by atoms with E-state index in [-0.39, 0.29) is 11.9 Å². The molecule has 1 unspecified atom stereocenters. The topological polar surface area (TPSA) is 64.1 Å². The third-order valence-corrected chi connectivity index (χ3v) is 3.53. The molecule has 0 saturated carbocycles. The van der Waals surface area contributed by atoms with Crippen LogP contribution < -0.4 is 11.3 Å². The molecule has 5 heteroatoms. The van der Waals surface area contributed by atoms with Crippen LogP contribution in [-0.2, 0) is 0 Å². The van der Waals surface area contributed by atoms with Gasteiger partial charge in [-0.3, -0.25) is 10.8 Å². The van der Waals surface area contributed by atoms with Crippen molar-refractivity contribution in [3.05, 3.63) is 64.9 Å². The van der Waals surface area contributed by atoms with Gasteiger partial charge >= 0.3 is 0 Å². The molecule has 0 bridgehead atoms. The second-order valence-electron chi connectivity index (χ2n) is 5.06. The first kappa shape index (κ1) is 13.7. The highest BCUT2D eigenvalue weighted by molar-refractivity contribution is 5.78. The van der Waals surface area contributed by atoms with Crippen LogP contribution in [0.25, 0.3) is 11.0 Å². The maximum atomic E-state index is 13.3. The number of furan rings is 1. The summed E-state index contributed by atoms with van der Waals surface area (Å²) in [5.41, 5.74) is 6.13. The number of hydrogen-bond acceptors (Lipinski definition) is 4. The van der Waals surface area contributed by atoms with Gasteiger partial charge in [-0.1, -0.05) is 6.07 Å². The van der Waals surface area contributed by atoms with Gasteiger partial charge in [-0.15, -0.1) is 0 Å². The van der Waals surface area contributed by atoms with E-state index in [0.717, 1.165) is 17.0 Å². The fourth-order valence-corrected chi connectivity index (χ4v) is 2.50. The standard InChI is InChI=1S/C16H16FN3O/c1-9-3-5-13(10(2)19-9)16(20-18)15-8-11-7-12(17)4-6-14(11)21-15/h3-8,16,20H,18H2,1-2H3. The van der Waals surface area contributed by atoms with Crippen molar-refractivity contribution in [2.45, 2.75) is 19.9 Å². The Kier molecular flexibility index (Phi) is 3.45. The van der Waals surface area contributed by atoms with E-state index >= 15 is 0 Å². The highest BCUT2D eigenvalue weighted by Crippen LogP contribution is 2.29. The minimum absolute atomic E-state index is 0.291. The number of nitrogens with two attached hydrogens (primary N) is 1. The van der Waals surface area contributed by atoms with E-state index in [1.54, 1.807) is 12.1 Å². The Balaban J connectivity index is 2.09. The summed E-state index contributed by atoms with van der Waals surface area (Å²) < 4.78 is 19.0. The Morgan fingerprint density at radius 3 is 2.71 bits per heavy atom. The van der Waals surface area contributed by atoms with Crippen molar-refractivity contribution >= 4 is 11.0 Å². The van der Waals surface area contributed by atoms with Crippen LogP contribution in [-0.4, -0.2) is 4.98 Å². The maximum Gasteiger partial charge on any atom is 0.134 e. The Hall–Kier alpha value is -2.24. The molecule has 0 aliphatic heterocycles. The van der Waals surface area contributed by atoms with Crippen molar-refractivity contribution in [2.75, 3.05) is 0 Å². The smallest absolute Gasteiger partial charge is 0.134 e. The molecule has 2 aromatic heterocycles. The molecule has 4 nitrogen and oxygen atoms in total. The Morgan fingerprint density at radius 2 is 2.00 bits per heavy atom. The van der Waals surface area contributed by atoms with Crippen LogP contribution in [0.1, 0.15) is 28.8 Å². The number of rotatable bonds is 3. The van der Waals surface area contributed by atoms with Gasteiger partial charge in [0.2, 0.25) is 0 Å². The SMILES string of the molecule is Cc1ccc(C(NN)c2cc3cc(F)ccc3o2)c(C)n1. The third kappa shape index (κ3) is 2.53. The van der Waals surface area contributed by atoms with Crippen molar-refractivity contribution in [2.24, 2.45) is 5.84 Å². The molecule has 0 fully saturated rings. The zero-order chi connectivity index (χ0) is 15.0. The summed E-state index contributed by atoms with van der Waals surface area (Å²) in [6.07, 6.45) is 0. The molecule has 3 aromatic rings. The van der Waals surface area contributed by atoms with Crippen LogP contribution in [0.3, 0.4) is 0 Å². The lowest BCUT2D eigenvalue weighted by molar-refractivity contribution is 0.475. The number of nitrogens with one attached hydrogen (secondary N) is 1. The van der Waals surface area contributed by atoms with Gasteiger partial charge in [0, 0.05) is 16.8 Å². The minimum Gasteiger partial charge on any atom is -0.459 e. The number of nitrogens with zero attached hydrogens (tertiary/aromatic N) is 1. The summed E-state index contributed by atoms with van der Waals surface area (Å²) >= 11 is 0. The predicted octanol–water partition coefficient (Wildman–Crippen LogP) is 3.14. The lowest BCUT2D eigenvalue weighted by Gasteiger charge is -2.16. The molecule has 1 aromatic carbocycles. The molecule has 21 heavy (non-hydrogen) atoms. The van der Waals surface area contributed by atoms with Crippen molar-refractivity contribution < 1.29 is 8.81 Å². The van der Waals surface area contributed by atoms with Crippen LogP contribution >= 0.6 is 0 Å². The molecule has 108 valence electrons. The van der Waals surface area contributed by atoms with Crippen LogP contribution in [0.4, 0.5) is 4.39 Å². The Morgan fingerprint density at radius 1 is 1.19 bits per heavy atom. The number of aryl methyl sites for hydroxylation is 2. The van der Waals surface area contributed by atoms with Crippen molar-refractivity contribution in [3.8, 4) is 0 Å². The number of fused-ring (bicyclic) bond motifs is 1. The molecule has 0 spiro atoms. The summed E-state index contributed by atoms with van der Waals surface area (Å²) in [4.78, 5) is 4.44. The normalized spacial score (nSPS) is 12.8. The zero-order valence-electron chi connectivity index (χ0n) is 11.9. The van der Waals surface area contributed by atoms with Crippen molar-refractivity contribution in [1.29, 1.82) is 0 Å². The lowest BCUT2D eigenvalue weighted by atomic mass is 10.0. The monoisotopic (exact) mass is 285 g/mol. The average molecular weight is 285 g/mol. The second-order valence-corrected chi connectivity index (χ2v) is 5.06. The van der Waals surface area contributed by atoms with E-state index in [9.17, 15) is 4.39 Å². The number of aromatic nitrogens is 1. The van der Waals surface area contributed by atoms with E-state index in [1.807, 2.05) is 26.0 Å². The molecule has 0 radical (unpaired) electrons. The van der Waals surface area contributed by atoms with Gasteiger partial charge < -0.3 is 4.42 Å². The maximum absolute atomic E-state index is 13.3. The molecular weight excluding hydrogens is 269 g/mol. The number of pyridine rings is 1. The third-order valence-electron chi connectivity index (χ3n) is 3.53. The first-order valence-corrected chi connectivity index (χ1v) is 6.68. The van der Waals surface area contributed by atoms with E-state index in [4.69, 9.17) is 10.3 Å². The van der Waals surface area contributed by atoms with Crippen molar-refractivity contribution in [1.82, 2.24) is 10.4 Å². The Bertz CT molecular complexity index is 797. The van der Waals surface area contributed by atoms with Gasteiger partial charge in [0.1, 0.15) is 23.2 Å². The molecule has 3 rings (SSSR count). The van der Waals surface area contributed by atoms with Gasteiger partial charge in [0.05, 0.1) is 0 Å². The molecular formula is C16H16FN3O. The number of hydrogen-bond donors (Lipinski definition) is 2. The lowest BCUT2D eigenvalue weighted by Crippen LogP contribution is -2.29. The van der Waals surface area contributed by atoms with Gasteiger partial charge in [-0.25, -0.2) is 9.82 Å². The molecule has 1 atom stereocenters. The van der Waals surface area contributed by atoms with E-state index in [0.29, 0.717) is 16.7 Å². The van der Waals surface area contributed by atoms with E-state index in [1.165, 1.54) is 12.1 Å². The Labute approximate surface area is 121 Å². The van der Waals surface area contributed by atoms with Crippen LogP contribution in [0.15, 0.2) is 40.8 Å². The molecule has 0 saturated heterocycles. The van der Waals surface area contributed by atoms with Gasteiger partial charge in [-0.05, 0) is 49.7 Å². The van der Waals surface area contributed by atoms with Crippen LogP contribution in [0.5, 0.6) is 0 Å². The largest absolute Gasteiger partial charge is 0.459 e. The number of hydrazine groups is 1. The fraction of sp³-hybridized carbons (Fsp3) is 0.188. The van der Waals surface area contributed by atoms with E-state index in [2.05, 4.69) is 10.4 Å². The zero-order valence-corrected chi connectivity index (χ0v) is 11.9. The number of benzene rings is 1. The molecule has 0 aliphatic rings. The highest BCUT2D eigenvalue weighted by atomic mass is 19.1. The second kappa shape index (κ2) is 5.27. The fourth-order valence-electron chi connectivity index (χ4n) is 2.50. The molecule has 0 aliphatic carbocycles. The van der Waals surface area contributed by atoms with Crippen LogP contribution in [0.2, 0.25) is 0 Å². The first-order valence-electron chi connectivity index (χ1n) is 6.68. The van der Waals surface area contributed by atoms with Gasteiger partial charge in [-0.2, -0.15) is 0 Å². The quantitative estimate of drug-likeness (QED) is 0.573. The molecule has 2 heterocycles. The summed E-state index contributed by atoms with van der Waals surface area (Å²) in [6, 6.07) is 9.79. The first-order chi connectivity index (χ1) is 10.1. The predicted molar refractivity (Wildman–Crippen MR) is 79.0 cm³/mol. The summed E-state index contributed by atoms with van der Waals surface area (Å²) in [7, 11) is 0. The van der Waals surface area contributed by atoms with Gasteiger partial charge in [0.15, 0.2) is 0 Å². The summed E-state index contributed by atoms with van der Waals surface area (Å²) in [6.45, 7) is 3.86. The minimum atomic E-state index is -0.325. The highest BCUT2D eigenvalue weighted by Gasteiger charge is 2.19.